The van der Waals surface area contributed by atoms with Gasteiger partial charge in [0.05, 0.1) is 6.10 Å². The highest BCUT2D eigenvalue weighted by Gasteiger charge is 2.19. The molecule has 1 aliphatic heterocycles. The van der Waals surface area contributed by atoms with Crippen LogP contribution in [0.3, 0.4) is 0 Å². The van der Waals surface area contributed by atoms with Crippen molar-refractivity contribution in [3.63, 3.8) is 0 Å². The first kappa shape index (κ1) is 13.5. The summed E-state index contributed by atoms with van der Waals surface area (Å²) >= 11 is 0. The number of hydrogen-bond donors (Lipinski definition) is 2. The van der Waals surface area contributed by atoms with Gasteiger partial charge in [-0.25, -0.2) is 8.78 Å². The molecule has 0 radical (unpaired) electrons. The Balaban J connectivity index is 2.12. The molecule has 0 saturated carbocycles. The Kier molecular flexibility index (Phi) is 4.16. The van der Waals surface area contributed by atoms with Crippen LogP contribution in [0, 0.1) is 11.6 Å². The molecule has 1 unspecified atom stereocenters. The van der Waals surface area contributed by atoms with E-state index in [1.165, 1.54) is 0 Å². The summed E-state index contributed by atoms with van der Waals surface area (Å²) in [6.45, 7) is 0.734. The van der Waals surface area contributed by atoms with Gasteiger partial charge in [-0.2, -0.15) is 0 Å². The smallest absolute Gasteiger partial charge is 0.190 e. The van der Waals surface area contributed by atoms with Crippen LogP contribution >= 0.6 is 0 Å². The highest BCUT2D eigenvalue weighted by Crippen LogP contribution is 2.24. The zero-order valence-corrected chi connectivity index (χ0v) is 10.1. The first-order chi connectivity index (χ1) is 9.11. The van der Waals surface area contributed by atoms with E-state index in [1.807, 2.05) is 0 Å². The van der Waals surface area contributed by atoms with Gasteiger partial charge in [-0.15, -0.1) is 0 Å². The highest BCUT2D eigenvalue weighted by molar-refractivity contribution is 5.97. The molecule has 1 aromatic rings. The molecule has 3 N–H and O–H groups in total. The summed E-state index contributed by atoms with van der Waals surface area (Å²) < 4.78 is 37.8. The van der Waals surface area contributed by atoms with Crippen molar-refractivity contribution in [1.29, 1.82) is 0 Å². The van der Waals surface area contributed by atoms with Crippen LogP contribution in [0.1, 0.15) is 18.4 Å². The van der Waals surface area contributed by atoms with Crippen LogP contribution in [0.5, 0.6) is 5.75 Å². The Bertz CT molecular complexity index is 465. The van der Waals surface area contributed by atoms with E-state index in [0.29, 0.717) is 6.61 Å². The molecule has 0 aromatic heterocycles. The van der Waals surface area contributed by atoms with Crippen molar-refractivity contribution in [2.45, 2.75) is 18.9 Å². The van der Waals surface area contributed by atoms with E-state index in [4.69, 9.17) is 20.4 Å². The van der Waals surface area contributed by atoms with E-state index in [0.717, 1.165) is 25.0 Å². The lowest BCUT2D eigenvalue weighted by molar-refractivity contribution is 0.0650. The van der Waals surface area contributed by atoms with Gasteiger partial charge in [0.1, 0.15) is 6.61 Å². The average molecular weight is 272 g/mol. The van der Waals surface area contributed by atoms with Crippen molar-refractivity contribution in [3.05, 3.63) is 29.3 Å². The maximum atomic E-state index is 13.7. The number of oxime groups is 1. The van der Waals surface area contributed by atoms with Crippen LogP contribution in [0.25, 0.3) is 0 Å². The molecule has 2 rings (SSSR count). The molecule has 1 aromatic carbocycles. The fraction of sp³-hybridized carbons (Fsp3) is 0.417. The van der Waals surface area contributed by atoms with E-state index in [1.54, 1.807) is 0 Å². The standard InChI is InChI=1S/C12H14F2N2O3/c13-9-4-7(12(15)16-17)5-10(14)11(9)19-6-8-2-1-3-18-8/h4-5,8,17H,1-3,6H2,(H2,15,16). The third-order valence-corrected chi connectivity index (χ3v) is 2.84. The van der Waals surface area contributed by atoms with Gasteiger partial charge in [-0.3, -0.25) is 0 Å². The minimum Gasteiger partial charge on any atom is -0.485 e. The number of halogens is 2. The molecule has 1 heterocycles. The topological polar surface area (TPSA) is 77.1 Å². The molecule has 0 bridgehead atoms. The summed E-state index contributed by atoms with van der Waals surface area (Å²) in [5.41, 5.74) is 5.21. The van der Waals surface area contributed by atoms with E-state index in [-0.39, 0.29) is 24.1 Å². The largest absolute Gasteiger partial charge is 0.485 e. The summed E-state index contributed by atoms with van der Waals surface area (Å²) in [6.07, 6.45) is 1.59. The summed E-state index contributed by atoms with van der Waals surface area (Å²) in [4.78, 5) is 0. The number of rotatable bonds is 4. The number of nitrogens with zero attached hydrogens (tertiary/aromatic N) is 1. The summed E-state index contributed by atoms with van der Waals surface area (Å²) in [7, 11) is 0. The normalized spacial score (nSPS) is 19.7. The Labute approximate surface area is 108 Å². The van der Waals surface area contributed by atoms with Gasteiger partial charge in [0.25, 0.3) is 0 Å². The van der Waals surface area contributed by atoms with Gasteiger partial charge >= 0.3 is 0 Å². The molecule has 1 aliphatic rings. The van der Waals surface area contributed by atoms with Gasteiger partial charge in [-0.1, -0.05) is 5.16 Å². The van der Waals surface area contributed by atoms with Gasteiger partial charge in [-0.05, 0) is 25.0 Å². The molecular weight excluding hydrogens is 258 g/mol. The third-order valence-electron chi connectivity index (χ3n) is 2.84. The van der Waals surface area contributed by atoms with Crippen LogP contribution in [-0.2, 0) is 4.74 Å². The molecule has 19 heavy (non-hydrogen) atoms. The zero-order valence-electron chi connectivity index (χ0n) is 10.1. The minimum absolute atomic E-state index is 0.0537. The zero-order chi connectivity index (χ0) is 13.8. The van der Waals surface area contributed by atoms with Crippen LogP contribution in [-0.4, -0.2) is 30.4 Å². The Morgan fingerprint density at radius 1 is 1.47 bits per heavy atom. The first-order valence-corrected chi connectivity index (χ1v) is 5.83. The maximum absolute atomic E-state index is 13.7. The molecule has 0 aliphatic carbocycles. The summed E-state index contributed by atoms with van der Waals surface area (Å²) in [5, 5.41) is 11.1. The number of ether oxygens (including phenoxy) is 2. The van der Waals surface area contributed by atoms with E-state index < -0.39 is 17.4 Å². The van der Waals surface area contributed by atoms with Crippen molar-refractivity contribution in [2.75, 3.05) is 13.2 Å². The van der Waals surface area contributed by atoms with Crippen molar-refractivity contribution in [2.24, 2.45) is 10.9 Å². The first-order valence-electron chi connectivity index (χ1n) is 5.83. The molecule has 7 heteroatoms. The Hall–Kier alpha value is -1.89. The maximum Gasteiger partial charge on any atom is 0.190 e. The lowest BCUT2D eigenvalue weighted by atomic mass is 10.2. The van der Waals surface area contributed by atoms with Crippen molar-refractivity contribution in [3.8, 4) is 5.75 Å². The predicted molar refractivity (Wildman–Crippen MR) is 63.3 cm³/mol. The molecule has 1 fully saturated rings. The minimum atomic E-state index is -0.903. The lowest BCUT2D eigenvalue weighted by Crippen LogP contribution is -2.18. The molecule has 0 spiro atoms. The molecule has 1 atom stereocenters. The van der Waals surface area contributed by atoms with Crippen LogP contribution in [0.4, 0.5) is 8.78 Å². The van der Waals surface area contributed by atoms with Gasteiger partial charge in [0.15, 0.2) is 23.2 Å². The highest BCUT2D eigenvalue weighted by atomic mass is 19.1. The Morgan fingerprint density at radius 2 is 2.16 bits per heavy atom. The number of nitrogens with two attached hydrogens (primary N) is 1. The van der Waals surface area contributed by atoms with Crippen molar-refractivity contribution < 1.29 is 23.5 Å². The van der Waals surface area contributed by atoms with Crippen LogP contribution in [0.2, 0.25) is 0 Å². The second-order valence-corrected chi connectivity index (χ2v) is 4.20. The van der Waals surface area contributed by atoms with Gasteiger partial charge in [0.2, 0.25) is 0 Å². The predicted octanol–water partition coefficient (Wildman–Crippen LogP) is 1.62. The van der Waals surface area contributed by atoms with E-state index in [2.05, 4.69) is 5.16 Å². The monoisotopic (exact) mass is 272 g/mol. The van der Waals surface area contributed by atoms with E-state index in [9.17, 15) is 8.78 Å². The average Bonchev–Trinajstić information content (AvgIpc) is 2.89. The molecule has 104 valence electrons. The fourth-order valence-corrected chi connectivity index (χ4v) is 1.86. The molecule has 1 saturated heterocycles. The summed E-state index contributed by atoms with van der Waals surface area (Å²) in [6, 6.07) is 1.89. The second kappa shape index (κ2) is 5.83. The van der Waals surface area contributed by atoms with Crippen molar-refractivity contribution >= 4 is 5.84 Å². The second-order valence-electron chi connectivity index (χ2n) is 4.20. The number of benzene rings is 1. The quantitative estimate of drug-likeness (QED) is 0.378. The lowest BCUT2D eigenvalue weighted by Gasteiger charge is -2.13. The molecule has 0 amide bonds. The summed E-state index contributed by atoms with van der Waals surface area (Å²) in [5.74, 6) is -2.66. The molecule has 5 nitrogen and oxygen atoms in total. The van der Waals surface area contributed by atoms with Crippen LogP contribution < -0.4 is 10.5 Å². The van der Waals surface area contributed by atoms with E-state index >= 15 is 0 Å². The number of amidine groups is 1. The Morgan fingerprint density at radius 3 is 2.68 bits per heavy atom. The van der Waals surface area contributed by atoms with Gasteiger partial charge < -0.3 is 20.4 Å². The third kappa shape index (κ3) is 3.11. The number of hydrogen-bond acceptors (Lipinski definition) is 4. The SMILES string of the molecule is N/C(=N/O)c1cc(F)c(OCC2CCCO2)c(F)c1. The van der Waals surface area contributed by atoms with Crippen LogP contribution in [0.15, 0.2) is 17.3 Å². The molecular formula is C12H14F2N2O3. The van der Waals surface area contributed by atoms with Crippen molar-refractivity contribution in [1.82, 2.24) is 0 Å². The van der Waals surface area contributed by atoms with Gasteiger partial charge in [0, 0.05) is 12.2 Å². The fourth-order valence-electron chi connectivity index (χ4n) is 1.86.